The fourth-order valence-corrected chi connectivity index (χ4v) is 5.03. The Balaban J connectivity index is 1.55. The van der Waals surface area contributed by atoms with Crippen molar-refractivity contribution in [3.05, 3.63) is 78.9 Å². The summed E-state index contributed by atoms with van der Waals surface area (Å²) in [6, 6.07) is 26.6. The molecule has 2 aromatic heterocycles. The average molecular weight is 416 g/mol. The third-order valence-corrected chi connectivity index (χ3v) is 6.49. The number of hydrogen-bond acceptors (Lipinski definition) is 6. The van der Waals surface area contributed by atoms with Crippen molar-refractivity contribution < 1.29 is 4.74 Å². The van der Waals surface area contributed by atoms with Gasteiger partial charge in [-0.2, -0.15) is 0 Å². The lowest BCUT2D eigenvalue weighted by molar-refractivity contribution is 0.415. The van der Waals surface area contributed by atoms with Crippen LogP contribution in [0.25, 0.3) is 31.9 Å². The number of aromatic nitrogens is 2. The largest absolute Gasteiger partial charge is 0.497 e. The first-order valence-electron chi connectivity index (χ1n) is 9.13. The van der Waals surface area contributed by atoms with Crippen LogP contribution in [0.5, 0.6) is 5.75 Å². The Bertz CT molecular complexity index is 1210. The topological polar surface area (TPSA) is 47.0 Å². The predicted molar refractivity (Wildman–Crippen MR) is 122 cm³/mol. The van der Waals surface area contributed by atoms with Gasteiger partial charge in [0.05, 0.1) is 27.9 Å². The molecule has 0 spiro atoms. The van der Waals surface area contributed by atoms with Crippen LogP contribution >= 0.6 is 22.7 Å². The first-order chi connectivity index (χ1) is 14.3. The summed E-state index contributed by atoms with van der Waals surface area (Å²) in [6.45, 7) is 0. The number of anilines is 2. The second-order valence-electron chi connectivity index (χ2n) is 6.41. The standard InChI is InChI=1S/C23H17N3OS2/c1-27-17-12-13-19-18(14-17)24-22(28-19)26-23-25-20(15-8-4-2-5-9-15)21(29-23)16-10-6-3-7-11-16/h2-14H,1H3,(H,24,25,26). The third-order valence-electron chi connectivity index (χ3n) is 4.52. The highest BCUT2D eigenvalue weighted by Gasteiger charge is 2.16. The number of fused-ring (bicyclic) bond motifs is 1. The molecule has 6 heteroatoms. The number of hydrogen-bond donors (Lipinski definition) is 1. The summed E-state index contributed by atoms with van der Waals surface area (Å²) in [5.74, 6) is 0.807. The molecule has 0 saturated carbocycles. The fourth-order valence-electron chi connectivity index (χ4n) is 3.13. The molecule has 0 atom stereocenters. The number of rotatable bonds is 5. The van der Waals surface area contributed by atoms with E-state index in [9.17, 15) is 0 Å². The lowest BCUT2D eigenvalue weighted by Crippen LogP contribution is -1.88. The van der Waals surface area contributed by atoms with Gasteiger partial charge in [0.15, 0.2) is 10.3 Å². The van der Waals surface area contributed by atoms with Crippen LogP contribution in [0.3, 0.4) is 0 Å². The number of nitrogens with one attached hydrogen (secondary N) is 1. The van der Waals surface area contributed by atoms with E-state index in [-0.39, 0.29) is 0 Å². The maximum atomic E-state index is 5.30. The van der Waals surface area contributed by atoms with Crippen molar-refractivity contribution >= 4 is 43.2 Å². The van der Waals surface area contributed by atoms with E-state index in [1.807, 2.05) is 42.5 Å². The minimum absolute atomic E-state index is 0.807. The van der Waals surface area contributed by atoms with E-state index in [1.54, 1.807) is 29.8 Å². The summed E-state index contributed by atoms with van der Waals surface area (Å²) in [7, 11) is 1.67. The molecule has 0 aliphatic carbocycles. The molecular formula is C23H17N3OS2. The van der Waals surface area contributed by atoms with Crippen LogP contribution in [-0.4, -0.2) is 17.1 Å². The molecule has 142 valence electrons. The van der Waals surface area contributed by atoms with Gasteiger partial charge in [-0.25, -0.2) is 9.97 Å². The Hall–Kier alpha value is -3.22. The molecule has 0 bridgehead atoms. The molecule has 5 aromatic rings. The fraction of sp³-hybridized carbons (Fsp3) is 0.0435. The summed E-state index contributed by atoms with van der Waals surface area (Å²) in [5.41, 5.74) is 4.16. The lowest BCUT2D eigenvalue weighted by atomic mass is 10.1. The van der Waals surface area contributed by atoms with Crippen molar-refractivity contribution in [3.8, 4) is 27.4 Å². The van der Waals surface area contributed by atoms with Crippen LogP contribution in [0.4, 0.5) is 10.3 Å². The van der Waals surface area contributed by atoms with E-state index >= 15 is 0 Å². The smallest absolute Gasteiger partial charge is 0.190 e. The van der Waals surface area contributed by atoms with Crippen molar-refractivity contribution in [2.45, 2.75) is 0 Å². The number of thiazole rings is 2. The summed E-state index contributed by atoms with van der Waals surface area (Å²) in [6.07, 6.45) is 0. The van der Waals surface area contributed by atoms with E-state index < -0.39 is 0 Å². The summed E-state index contributed by atoms with van der Waals surface area (Å²) in [4.78, 5) is 10.7. The van der Waals surface area contributed by atoms with Crippen LogP contribution in [0.1, 0.15) is 0 Å². The second-order valence-corrected chi connectivity index (χ2v) is 8.44. The Kier molecular flexibility index (Phi) is 4.71. The van der Waals surface area contributed by atoms with Gasteiger partial charge >= 0.3 is 0 Å². The highest BCUT2D eigenvalue weighted by molar-refractivity contribution is 7.23. The van der Waals surface area contributed by atoms with Gasteiger partial charge in [0.25, 0.3) is 0 Å². The van der Waals surface area contributed by atoms with Gasteiger partial charge in [0.1, 0.15) is 5.75 Å². The maximum absolute atomic E-state index is 5.30. The molecule has 5 rings (SSSR count). The minimum atomic E-state index is 0.807. The lowest BCUT2D eigenvalue weighted by Gasteiger charge is -2.02. The molecule has 4 nitrogen and oxygen atoms in total. The number of ether oxygens (including phenoxy) is 1. The first kappa shape index (κ1) is 17.8. The van der Waals surface area contributed by atoms with Crippen molar-refractivity contribution in [1.29, 1.82) is 0 Å². The summed E-state index contributed by atoms with van der Waals surface area (Å²) >= 11 is 3.25. The van der Waals surface area contributed by atoms with Crippen molar-refractivity contribution in [3.63, 3.8) is 0 Å². The molecule has 0 aliphatic heterocycles. The Morgan fingerprint density at radius 2 is 1.45 bits per heavy atom. The normalized spacial score (nSPS) is 10.9. The van der Waals surface area contributed by atoms with E-state index in [0.717, 1.165) is 47.9 Å². The minimum Gasteiger partial charge on any atom is -0.497 e. The van der Waals surface area contributed by atoms with Crippen LogP contribution in [0.15, 0.2) is 78.9 Å². The van der Waals surface area contributed by atoms with Gasteiger partial charge in [-0.1, -0.05) is 83.3 Å². The summed E-state index contributed by atoms with van der Waals surface area (Å²) < 4.78 is 6.41. The van der Waals surface area contributed by atoms with Crippen molar-refractivity contribution in [2.24, 2.45) is 0 Å². The molecule has 0 saturated heterocycles. The van der Waals surface area contributed by atoms with Gasteiger partial charge in [0.2, 0.25) is 0 Å². The van der Waals surface area contributed by atoms with Gasteiger partial charge < -0.3 is 10.1 Å². The number of benzene rings is 3. The Morgan fingerprint density at radius 1 is 0.759 bits per heavy atom. The molecule has 0 amide bonds. The zero-order chi connectivity index (χ0) is 19.6. The van der Waals surface area contributed by atoms with Crippen LogP contribution in [0, 0.1) is 0 Å². The Labute approximate surface area is 176 Å². The highest BCUT2D eigenvalue weighted by Crippen LogP contribution is 2.40. The number of methoxy groups -OCH3 is 1. The molecule has 0 unspecified atom stereocenters. The zero-order valence-corrected chi connectivity index (χ0v) is 17.3. The van der Waals surface area contributed by atoms with Gasteiger partial charge in [-0.05, 0) is 17.7 Å². The van der Waals surface area contributed by atoms with Crippen LogP contribution < -0.4 is 10.1 Å². The van der Waals surface area contributed by atoms with Crippen LogP contribution in [0.2, 0.25) is 0 Å². The van der Waals surface area contributed by atoms with Gasteiger partial charge in [-0.3, -0.25) is 0 Å². The zero-order valence-electron chi connectivity index (χ0n) is 15.6. The van der Waals surface area contributed by atoms with Gasteiger partial charge in [-0.15, -0.1) is 0 Å². The van der Waals surface area contributed by atoms with E-state index in [1.165, 1.54) is 0 Å². The molecular weight excluding hydrogens is 398 g/mol. The molecule has 1 N–H and O–H groups in total. The third kappa shape index (κ3) is 3.60. The molecule has 0 radical (unpaired) electrons. The maximum Gasteiger partial charge on any atom is 0.190 e. The van der Waals surface area contributed by atoms with E-state index in [2.05, 4.69) is 41.7 Å². The SMILES string of the molecule is COc1ccc2sc(Nc3nc(-c4ccccc4)c(-c4ccccc4)s3)nc2c1. The molecule has 0 aliphatic rings. The summed E-state index contributed by atoms with van der Waals surface area (Å²) in [5, 5.41) is 5.05. The quantitative estimate of drug-likeness (QED) is 0.341. The predicted octanol–water partition coefficient (Wildman–Crippen LogP) is 6.84. The second kappa shape index (κ2) is 7.66. The monoisotopic (exact) mass is 415 g/mol. The molecule has 2 heterocycles. The van der Waals surface area contributed by atoms with Crippen LogP contribution in [-0.2, 0) is 0 Å². The van der Waals surface area contributed by atoms with Crippen molar-refractivity contribution in [2.75, 3.05) is 12.4 Å². The van der Waals surface area contributed by atoms with Gasteiger partial charge in [0, 0.05) is 11.6 Å². The van der Waals surface area contributed by atoms with E-state index in [0.29, 0.717) is 0 Å². The first-order valence-corrected chi connectivity index (χ1v) is 10.8. The Morgan fingerprint density at radius 3 is 2.17 bits per heavy atom. The van der Waals surface area contributed by atoms with Crippen molar-refractivity contribution in [1.82, 2.24) is 9.97 Å². The molecule has 29 heavy (non-hydrogen) atoms. The van der Waals surface area contributed by atoms with E-state index in [4.69, 9.17) is 14.7 Å². The average Bonchev–Trinajstić information content (AvgIpc) is 3.38. The molecule has 3 aromatic carbocycles. The number of nitrogens with zero attached hydrogens (tertiary/aromatic N) is 2. The highest BCUT2D eigenvalue weighted by atomic mass is 32.1. The molecule has 0 fully saturated rings.